The van der Waals surface area contributed by atoms with E-state index in [1.54, 1.807) is 7.11 Å². The van der Waals surface area contributed by atoms with E-state index in [9.17, 15) is 4.79 Å². The van der Waals surface area contributed by atoms with Crippen LogP contribution in [0.15, 0.2) is 54.7 Å². The predicted molar refractivity (Wildman–Crippen MR) is 150 cm³/mol. The lowest BCUT2D eigenvalue weighted by Crippen LogP contribution is -2.33. The van der Waals surface area contributed by atoms with E-state index in [-0.39, 0.29) is 18.0 Å². The van der Waals surface area contributed by atoms with Gasteiger partial charge < -0.3 is 24.8 Å². The molecule has 1 aromatic carbocycles. The van der Waals surface area contributed by atoms with Gasteiger partial charge >= 0.3 is 0 Å². The van der Waals surface area contributed by atoms with E-state index in [4.69, 9.17) is 17.0 Å². The molecular formula is C29H35N5O2S. The first-order chi connectivity index (χ1) is 18.0. The second-order valence-electron chi connectivity index (χ2n) is 9.95. The van der Waals surface area contributed by atoms with Gasteiger partial charge in [-0.25, -0.2) is 0 Å². The van der Waals surface area contributed by atoms with Crippen molar-refractivity contribution < 1.29 is 9.53 Å². The average molecular weight is 518 g/mol. The molecule has 2 aliphatic rings. The van der Waals surface area contributed by atoms with Crippen LogP contribution in [0.3, 0.4) is 0 Å². The van der Waals surface area contributed by atoms with Gasteiger partial charge in [0.25, 0.3) is 0 Å². The van der Waals surface area contributed by atoms with Crippen LogP contribution in [0.5, 0.6) is 5.75 Å². The molecule has 3 aromatic rings. The van der Waals surface area contributed by atoms with Crippen LogP contribution in [0.1, 0.15) is 72.9 Å². The highest BCUT2D eigenvalue weighted by molar-refractivity contribution is 7.80. The Bertz CT molecular complexity index is 1270. The summed E-state index contributed by atoms with van der Waals surface area (Å²) < 4.78 is 7.90. The van der Waals surface area contributed by atoms with Crippen LogP contribution >= 0.6 is 12.2 Å². The van der Waals surface area contributed by atoms with E-state index in [0.717, 1.165) is 5.69 Å². The lowest BCUT2D eigenvalue weighted by molar-refractivity contribution is -0.116. The van der Waals surface area contributed by atoms with Crippen molar-refractivity contribution in [2.75, 3.05) is 19.0 Å². The summed E-state index contributed by atoms with van der Waals surface area (Å²) in [4.78, 5) is 19.8. The Hall–Kier alpha value is -3.39. The first-order valence-electron chi connectivity index (χ1n) is 13.1. The minimum atomic E-state index is -0.0940. The summed E-state index contributed by atoms with van der Waals surface area (Å²) in [5.41, 5.74) is 5.43. The maximum absolute atomic E-state index is 13.0. The first-order valence-corrected chi connectivity index (χ1v) is 13.5. The van der Waals surface area contributed by atoms with Gasteiger partial charge in [0.1, 0.15) is 5.75 Å². The van der Waals surface area contributed by atoms with Crippen molar-refractivity contribution in [1.82, 2.24) is 19.8 Å². The van der Waals surface area contributed by atoms with Crippen molar-refractivity contribution in [1.29, 1.82) is 0 Å². The molecule has 1 saturated heterocycles. The molecule has 0 unspecified atom stereocenters. The molecule has 0 bridgehead atoms. The fourth-order valence-corrected chi connectivity index (χ4v) is 6.33. The molecular weight excluding hydrogens is 482 g/mol. The van der Waals surface area contributed by atoms with Gasteiger partial charge in [0, 0.05) is 36.6 Å². The van der Waals surface area contributed by atoms with Crippen LogP contribution in [0.25, 0.3) is 0 Å². The highest BCUT2D eigenvalue weighted by Crippen LogP contribution is 2.43. The molecule has 0 radical (unpaired) electrons. The molecule has 3 heterocycles. The van der Waals surface area contributed by atoms with E-state index in [1.165, 1.54) is 42.6 Å². The third-order valence-corrected chi connectivity index (χ3v) is 8.04. The first kappa shape index (κ1) is 25.3. The molecule has 1 saturated carbocycles. The molecule has 7 nitrogen and oxygen atoms in total. The normalized spacial score (nSPS) is 19.8. The highest BCUT2D eigenvalue weighted by atomic mass is 32.1. The number of pyridine rings is 1. The van der Waals surface area contributed by atoms with Crippen LogP contribution < -0.4 is 15.4 Å². The van der Waals surface area contributed by atoms with Gasteiger partial charge in [-0.15, -0.1) is 0 Å². The summed E-state index contributed by atoms with van der Waals surface area (Å²) in [6.45, 7) is 4.92. The van der Waals surface area contributed by atoms with Crippen molar-refractivity contribution in [3.8, 4) is 5.75 Å². The number of ether oxygens (including phenoxy) is 1. The van der Waals surface area contributed by atoms with Gasteiger partial charge in [0.2, 0.25) is 5.91 Å². The molecule has 5 rings (SSSR count). The average Bonchev–Trinajstić information content (AvgIpc) is 3.61. The number of para-hydroxylation sites is 2. The quantitative estimate of drug-likeness (QED) is 0.378. The molecule has 1 aliphatic carbocycles. The molecule has 1 aliphatic heterocycles. The van der Waals surface area contributed by atoms with Gasteiger partial charge in [0.15, 0.2) is 5.11 Å². The zero-order valence-electron chi connectivity index (χ0n) is 21.7. The number of anilines is 1. The molecule has 194 valence electrons. The third kappa shape index (κ3) is 5.07. The Morgan fingerprint density at radius 1 is 1.16 bits per heavy atom. The smallest absolute Gasteiger partial charge is 0.226 e. The number of rotatable bonds is 8. The lowest BCUT2D eigenvalue weighted by atomic mass is 9.96. The maximum atomic E-state index is 13.0. The Labute approximate surface area is 224 Å². The van der Waals surface area contributed by atoms with Gasteiger partial charge in [-0.05, 0) is 74.8 Å². The molecule has 1 amide bonds. The zero-order valence-corrected chi connectivity index (χ0v) is 22.6. The SMILES string of the molecule is COc1ccccc1NC(=O)CCN1C(=S)N[C@H](c2ccccn2)[C@H]1c1cc(C)n(C2CCCC2)c1C. The Morgan fingerprint density at radius 2 is 1.92 bits per heavy atom. The van der Waals surface area contributed by atoms with Crippen molar-refractivity contribution in [3.05, 3.63) is 77.4 Å². The maximum Gasteiger partial charge on any atom is 0.226 e. The molecule has 2 N–H and O–H groups in total. The minimum Gasteiger partial charge on any atom is -0.495 e. The summed E-state index contributed by atoms with van der Waals surface area (Å²) in [6, 6.07) is 16.1. The highest BCUT2D eigenvalue weighted by Gasteiger charge is 2.41. The largest absolute Gasteiger partial charge is 0.495 e. The fraction of sp³-hybridized carbons (Fsp3) is 0.414. The second kappa shape index (κ2) is 10.9. The number of nitrogens with one attached hydrogen (secondary N) is 2. The molecule has 2 aromatic heterocycles. The van der Waals surface area contributed by atoms with Gasteiger partial charge in [-0.2, -0.15) is 0 Å². The minimum absolute atomic E-state index is 0.0529. The number of aromatic nitrogens is 2. The van der Waals surface area contributed by atoms with Crippen molar-refractivity contribution in [3.63, 3.8) is 0 Å². The summed E-state index contributed by atoms with van der Waals surface area (Å²) in [5.74, 6) is 0.561. The van der Waals surface area contributed by atoms with Gasteiger partial charge in [-0.1, -0.05) is 31.0 Å². The van der Waals surface area contributed by atoms with E-state index in [2.05, 4.69) is 45.0 Å². The molecule has 0 spiro atoms. The zero-order chi connectivity index (χ0) is 25.9. The fourth-order valence-electron chi connectivity index (χ4n) is 5.99. The predicted octanol–water partition coefficient (Wildman–Crippen LogP) is 5.62. The number of benzene rings is 1. The second-order valence-corrected chi connectivity index (χ2v) is 10.3. The van der Waals surface area contributed by atoms with Crippen LogP contribution in [0, 0.1) is 13.8 Å². The van der Waals surface area contributed by atoms with Gasteiger partial charge in [-0.3, -0.25) is 9.78 Å². The Kier molecular flexibility index (Phi) is 7.46. The third-order valence-electron chi connectivity index (χ3n) is 7.69. The number of nitrogens with zero attached hydrogens (tertiary/aromatic N) is 3. The van der Waals surface area contributed by atoms with E-state index in [1.807, 2.05) is 48.7 Å². The van der Waals surface area contributed by atoms with E-state index < -0.39 is 0 Å². The number of carbonyl (C=O) groups excluding carboxylic acids is 1. The molecule has 8 heteroatoms. The summed E-state index contributed by atoms with van der Waals surface area (Å²) in [7, 11) is 1.60. The van der Waals surface area contributed by atoms with Crippen molar-refractivity contribution >= 4 is 28.9 Å². The Morgan fingerprint density at radius 3 is 2.65 bits per heavy atom. The van der Waals surface area contributed by atoms with Crippen LogP contribution in [0.2, 0.25) is 0 Å². The van der Waals surface area contributed by atoms with Crippen molar-refractivity contribution in [2.45, 2.75) is 64.1 Å². The molecule has 37 heavy (non-hydrogen) atoms. The summed E-state index contributed by atoms with van der Waals surface area (Å²) >= 11 is 5.83. The number of thiocarbonyl (C=S) groups is 1. The number of methoxy groups -OCH3 is 1. The Balaban J connectivity index is 1.42. The summed E-state index contributed by atoms with van der Waals surface area (Å²) in [5, 5.41) is 7.16. The van der Waals surface area contributed by atoms with Crippen LogP contribution in [-0.4, -0.2) is 39.1 Å². The van der Waals surface area contributed by atoms with E-state index in [0.29, 0.717) is 35.6 Å². The monoisotopic (exact) mass is 517 g/mol. The molecule has 2 fully saturated rings. The summed E-state index contributed by atoms with van der Waals surface area (Å²) in [6.07, 6.45) is 7.16. The van der Waals surface area contributed by atoms with E-state index >= 15 is 0 Å². The number of amides is 1. The van der Waals surface area contributed by atoms with Crippen molar-refractivity contribution in [2.24, 2.45) is 0 Å². The van der Waals surface area contributed by atoms with Crippen LogP contribution in [-0.2, 0) is 4.79 Å². The van der Waals surface area contributed by atoms with Gasteiger partial charge in [0.05, 0.1) is 30.6 Å². The molecule has 2 atom stereocenters. The number of carbonyl (C=O) groups is 1. The topological polar surface area (TPSA) is 71.4 Å². The number of hydrogen-bond donors (Lipinski definition) is 2. The standard InChI is InChI=1S/C29H35N5O2S/c1-19-18-22(20(2)34(19)21-10-4-5-11-21)28-27(24-13-8-9-16-30-24)32-29(37)33(28)17-15-26(35)31-23-12-6-7-14-25(23)36-3/h6-9,12-14,16,18,21,27-28H,4-5,10-11,15,17H2,1-3H3,(H,31,35)(H,32,37)/t27-,28-/m1/s1. The number of aryl methyl sites for hydroxylation is 1. The number of hydrogen-bond acceptors (Lipinski definition) is 4. The van der Waals surface area contributed by atoms with Crippen LogP contribution in [0.4, 0.5) is 5.69 Å². The lowest BCUT2D eigenvalue weighted by Gasteiger charge is -2.28.